The maximum atomic E-state index is 12.2. The van der Waals surface area contributed by atoms with E-state index < -0.39 is 0 Å². The molecule has 2 N–H and O–H groups in total. The molecule has 1 aliphatic carbocycles. The maximum Gasteiger partial charge on any atom is 0.251 e. The van der Waals surface area contributed by atoms with Crippen molar-refractivity contribution in [1.29, 1.82) is 0 Å². The van der Waals surface area contributed by atoms with Gasteiger partial charge in [0.05, 0.1) is 18.8 Å². The highest BCUT2D eigenvalue weighted by atomic mass is 16.5. The highest BCUT2D eigenvalue weighted by molar-refractivity contribution is 5.12. The Morgan fingerprint density at radius 3 is 2.73 bits per heavy atom. The zero-order valence-corrected chi connectivity index (χ0v) is 13.5. The molecular weight excluding hydrogens is 276 g/mol. The van der Waals surface area contributed by atoms with E-state index in [1.807, 2.05) is 16.7 Å². The lowest BCUT2D eigenvalue weighted by molar-refractivity contribution is -0.00588. The summed E-state index contributed by atoms with van der Waals surface area (Å²) in [5, 5.41) is 0. The van der Waals surface area contributed by atoms with Gasteiger partial charge in [-0.25, -0.2) is 0 Å². The monoisotopic (exact) mass is 304 g/mol. The Kier molecular flexibility index (Phi) is 4.99. The van der Waals surface area contributed by atoms with Gasteiger partial charge in [-0.1, -0.05) is 19.4 Å². The van der Waals surface area contributed by atoms with Gasteiger partial charge >= 0.3 is 0 Å². The van der Waals surface area contributed by atoms with Gasteiger partial charge in [0, 0.05) is 17.8 Å². The van der Waals surface area contributed by atoms with E-state index in [-0.39, 0.29) is 17.6 Å². The Morgan fingerprint density at radius 2 is 2.00 bits per heavy atom. The number of aryl methyl sites for hydroxylation is 1. The first kappa shape index (κ1) is 15.8. The quantitative estimate of drug-likeness (QED) is 0.930. The van der Waals surface area contributed by atoms with Crippen molar-refractivity contribution in [2.24, 2.45) is 11.7 Å². The van der Waals surface area contributed by atoms with E-state index in [2.05, 4.69) is 6.92 Å². The summed E-state index contributed by atoms with van der Waals surface area (Å²) in [6.45, 7) is 2.84. The summed E-state index contributed by atoms with van der Waals surface area (Å²) in [6, 6.07) is 5.50. The summed E-state index contributed by atoms with van der Waals surface area (Å²) in [7, 11) is 0. The number of pyridine rings is 1. The molecular formula is C18H28N2O2. The van der Waals surface area contributed by atoms with Crippen molar-refractivity contribution in [3.8, 4) is 0 Å². The fraction of sp³-hybridized carbons (Fsp3) is 0.722. The molecule has 1 fully saturated rings. The van der Waals surface area contributed by atoms with Gasteiger partial charge in [0.25, 0.3) is 5.56 Å². The molecule has 0 aromatic carbocycles. The summed E-state index contributed by atoms with van der Waals surface area (Å²) in [5.41, 5.74) is 7.43. The van der Waals surface area contributed by atoms with E-state index in [1.165, 1.54) is 19.3 Å². The van der Waals surface area contributed by atoms with Gasteiger partial charge in [-0.15, -0.1) is 0 Å². The minimum Gasteiger partial charge on any atom is -0.376 e. The summed E-state index contributed by atoms with van der Waals surface area (Å²) >= 11 is 0. The van der Waals surface area contributed by atoms with E-state index in [4.69, 9.17) is 10.5 Å². The molecule has 2 heterocycles. The van der Waals surface area contributed by atoms with Crippen LogP contribution in [0.15, 0.2) is 23.0 Å². The van der Waals surface area contributed by atoms with Crippen molar-refractivity contribution in [2.75, 3.05) is 6.61 Å². The van der Waals surface area contributed by atoms with Crippen molar-refractivity contribution in [3.63, 3.8) is 0 Å². The van der Waals surface area contributed by atoms with Gasteiger partial charge < -0.3 is 15.0 Å². The second-order valence-corrected chi connectivity index (χ2v) is 6.88. The maximum absolute atomic E-state index is 12.2. The first-order valence-electron chi connectivity index (χ1n) is 8.76. The number of rotatable bonds is 4. The molecule has 1 aromatic heterocycles. The van der Waals surface area contributed by atoms with Crippen molar-refractivity contribution < 1.29 is 4.74 Å². The van der Waals surface area contributed by atoms with Crippen LogP contribution in [0.5, 0.6) is 0 Å². The molecule has 122 valence electrons. The third-order valence-electron chi connectivity index (χ3n) is 5.51. The number of hydrogen-bond acceptors (Lipinski definition) is 3. The highest BCUT2D eigenvalue weighted by Crippen LogP contribution is 2.29. The smallest absolute Gasteiger partial charge is 0.251 e. The molecule has 1 saturated carbocycles. The average molecular weight is 304 g/mol. The molecule has 4 nitrogen and oxygen atoms in total. The van der Waals surface area contributed by atoms with Gasteiger partial charge in [0.1, 0.15) is 0 Å². The second-order valence-electron chi connectivity index (χ2n) is 6.88. The van der Waals surface area contributed by atoms with Crippen LogP contribution in [0.4, 0.5) is 0 Å². The normalized spacial score (nSPS) is 31.7. The number of nitrogens with zero attached hydrogens (tertiary/aromatic N) is 1. The zero-order chi connectivity index (χ0) is 15.5. The van der Waals surface area contributed by atoms with Crippen LogP contribution >= 0.6 is 0 Å². The minimum absolute atomic E-state index is 0.0126. The van der Waals surface area contributed by atoms with Crippen LogP contribution in [-0.4, -0.2) is 23.3 Å². The number of ether oxygens (including phenoxy) is 1. The molecule has 0 spiro atoms. The largest absolute Gasteiger partial charge is 0.376 e. The molecule has 0 bridgehead atoms. The molecule has 4 heteroatoms. The van der Waals surface area contributed by atoms with Crippen molar-refractivity contribution >= 4 is 0 Å². The number of hydrogen-bond donors (Lipinski definition) is 1. The van der Waals surface area contributed by atoms with Crippen LogP contribution in [0.3, 0.4) is 0 Å². The van der Waals surface area contributed by atoms with E-state index in [0.29, 0.717) is 12.7 Å². The van der Waals surface area contributed by atoms with Crippen LogP contribution < -0.4 is 11.3 Å². The zero-order valence-electron chi connectivity index (χ0n) is 13.5. The Hall–Kier alpha value is -1.13. The molecule has 0 radical (unpaired) electrons. The van der Waals surface area contributed by atoms with E-state index in [0.717, 1.165) is 37.3 Å². The van der Waals surface area contributed by atoms with Crippen LogP contribution in [0.25, 0.3) is 0 Å². The molecule has 1 aliphatic heterocycles. The van der Waals surface area contributed by atoms with Gasteiger partial charge in [-0.3, -0.25) is 4.79 Å². The van der Waals surface area contributed by atoms with Crippen LogP contribution in [0, 0.1) is 5.92 Å². The van der Waals surface area contributed by atoms with Gasteiger partial charge in [0.15, 0.2) is 0 Å². The molecule has 22 heavy (non-hydrogen) atoms. The summed E-state index contributed by atoms with van der Waals surface area (Å²) in [6.07, 6.45) is 8.29. The summed E-state index contributed by atoms with van der Waals surface area (Å²) in [4.78, 5) is 12.2. The Balaban J connectivity index is 1.64. The molecule has 2 atom stereocenters. The van der Waals surface area contributed by atoms with Crippen LogP contribution in [0.1, 0.15) is 57.2 Å². The number of aromatic nitrogens is 1. The Morgan fingerprint density at radius 1 is 1.23 bits per heavy atom. The van der Waals surface area contributed by atoms with E-state index in [1.54, 1.807) is 6.07 Å². The molecule has 1 aromatic rings. The predicted molar refractivity (Wildman–Crippen MR) is 88.0 cm³/mol. The third kappa shape index (κ3) is 3.28. The van der Waals surface area contributed by atoms with Gasteiger partial charge in [-0.2, -0.15) is 0 Å². The number of fused-ring (bicyclic) bond motifs is 1. The van der Waals surface area contributed by atoms with Crippen LogP contribution in [-0.2, 0) is 11.2 Å². The predicted octanol–water partition coefficient (Wildman–Crippen LogP) is 2.65. The first-order valence-corrected chi connectivity index (χ1v) is 8.76. The fourth-order valence-electron chi connectivity index (χ4n) is 3.96. The SMILES string of the molecule is CCC1CCC(OCC2C(N)CCc3cccc(=O)n32)CC1. The number of nitrogens with two attached hydrogens (primary N) is 1. The van der Waals surface area contributed by atoms with Crippen LogP contribution in [0.2, 0.25) is 0 Å². The average Bonchev–Trinajstić information content (AvgIpc) is 2.55. The first-order chi connectivity index (χ1) is 10.7. The van der Waals surface area contributed by atoms with Crippen molar-refractivity contribution in [2.45, 2.75) is 70.1 Å². The third-order valence-corrected chi connectivity index (χ3v) is 5.51. The van der Waals surface area contributed by atoms with Crippen molar-refractivity contribution in [3.05, 3.63) is 34.2 Å². The Bertz CT molecular complexity index is 546. The lowest BCUT2D eigenvalue weighted by atomic mass is 9.86. The molecule has 0 saturated heterocycles. The standard InChI is InChI=1S/C18H28N2O2/c1-2-13-6-9-15(10-7-13)22-12-17-16(19)11-8-14-4-3-5-18(21)20(14)17/h3-5,13,15-17H,2,6-12,19H2,1H3. The summed E-state index contributed by atoms with van der Waals surface area (Å²) < 4.78 is 8.02. The van der Waals surface area contributed by atoms with Gasteiger partial charge in [0.2, 0.25) is 0 Å². The van der Waals surface area contributed by atoms with E-state index >= 15 is 0 Å². The minimum atomic E-state index is -0.0126. The van der Waals surface area contributed by atoms with Crippen molar-refractivity contribution in [1.82, 2.24) is 4.57 Å². The fourth-order valence-corrected chi connectivity index (χ4v) is 3.96. The second kappa shape index (κ2) is 6.97. The molecule has 2 aliphatic rings. The highest BCUT2D eigenvalue weighted by Gasteiger charge is 2.29. The topological polar surface area (TPSA) is 57.2 Å². The summed E-state index contributed by atoms with van der Waals surface area (Å²) in [5.74, 6) is 0.875. The lowest BCUT2D eigenvalue weighted by Crippen LogP contribution is -2.45. The molecule has 3 rings (SSSR count). The lowest BCUT2D eigenvalue weighted by Gasteiger charge is -2.35. The van der Waals surface area contributed by atoms with E-state index in [9.17, 15) is 4.79 Å². The molecule has 2 unspecified atom stereocenters. The molecule has 0 amide bonds. The Labute approximate surface area is 132 Å². The van der Waals surface area contributed by atoms with Gasteiger partial charge in [-0.05, 0) is 50.5 Å².